The summed E-state index contributed by atoms with van der Waals surface area (Å²) in [5.41, 5.74) is -0.987. The second-order valence-corrected chi connectivity index (χ2v) is 3.72. The minimum absolute atomic E-state index is 0.0248. The molecule has 0 radical (unpaired) electrons. The molecule has 0 spiro atoms. The predicted molar refractivity (Wildman–Crippen MR) is 63.7 cm³/mol. The Balaban J connectivity index is 2.88. The highest BCUT2D eigenvalue weighted by molar-refractivity contribution is 6.33. The lowest BCUT2D eigenvalue weighted by molar-refractivity contribution is -0.137. The minimum Gasteiger partial charge on any atom is -0.334 e. The molecule has 0 saturated heterocycles. The molecule has 0 aliphatic rings. The van der Waals surface area contributed by atoms with Crippen LogP contribution in [0.1, 0.15) is 5.56 Å². The summed E-state index contributed by atoms with van der Waals surface area (Å²) in [6.07, 6.45) is -3.05. The zero-order valence-electron chi connectivity index (χ0n) is 9.14. The van der Waals surface area contributed by atoms with Crippen LogP contribution in [0.5, 0.6) is 0 Å². The van der Waals surface area contributed by atoms with Crippen LogP contribution < -0.4 is 10.6 Å². The number of carbonyl (C=O) groups is 1. The molecule has 0 aliphatic carbocycles. The van der Waals surface area contributed by atoms with Crippen LogP contribution in [0, 0.1) is 0 Å². The molecule has 0 saturated carbocycles. The maximum absolute atomic E-state index is 12.5. The van der Waals surface area contributed by atoms with Crippen LogP contribution in [0.3, 0.4) is 0 Å². The Labute approximate surface area is 107 Å². The normalized spacial score (nSPS) is 10.9. The largest absolute Gasteiger partial charge is 0.416 e. The zero-order valence-corrected chi connectivity index (χ0v) is 9.90. The summed E-state index contributed by atoms with van der Waals surface area (Å²) in [6.45, 7) is 3.58. The van der Waals surface area contributed by atoms with Gasteiger partial charge in [-0.3, -0.25) is 0 Å². The van der Waals surface area contributed by atoms with Gasteiger partial charge in [0.2, 0.25) is 0 Å². The van der Waals surface area contributed by atoms with Gasteiger partial charge in [-0.1, -0.05) is 17.7 Å². The molecule has 18 heavy (non-hydrogen) atoms. The molecule has 3 nitrogen and oxygen atoms in total. The van der Waals surface area contributed by atoms with Crippen molar-refractivity contribution in [2.75, 3.05) is 11.9 Å². The molecule has 0 aliphatic heterocycles. The van der Waals surface area contributed by atoms with E-state index in [-0.39, 0.29) is 17.3 Å². The van der Waals surface area contributed by atoms with Gasteiger partial charge in [-0.2, -0.15) is 13.2 Å². The number of nitrogens with one attached hydrogen (secondary N) is 2. The highest BCUT2D eigenvalue weighted by Crippen LogP contribution is 2.33. The third kappa shape index (κ3) is 3.96. The lowest BCUT2D eigenvalue weighted by Gasteiger charge is -2.11. The molecule has 0 heterocycles. The number of alkyl halides is 3. The van der Waals surface area contributed by atoms with Gasteiger partial charge in [0.25, 0.3) is 0 Å². The molecule has 7 heteroatoms. The van der Waals surface area contributed by atoms with E-state index in [1.807, 2.05) is 0 Å². The quantitative estimate of drug-likeness (QED) is 0.814. The van der Waals surface area contributed by atoms with E-state index < -0.39 is 17.8 Å². The first kappa shape index (κ1) is 14.4. The smallest absolute Gasteiger partial charge is 0.334 e. The second-order valence-electron chi connectivity index (χ2n) is 3.32. The van der Waals surface area contributed by atoms with Crippen LogP contribution in [0.15, 0.2) is 30.9 Å². The van der Waals surface area contributed by atoms with Gasteiger partial charge in [-0.15, -0.1) is 6.58 Å². The molecular formula is C11H10ClF3N2O. The standard InChI is InChI=1S/C11H10ClF3N2O/c1-2-5-16-10(18)17-9-6-7(11(13,14)15)3-4-8(9)12/h2-4,6H,1,5H2,(H2,16,17,18). The van der Waals surface area contributed by atoms with Crippen molar-refractivity contribution in [1.29, 1.82) is 0 Å². The number of amides is 2. The van der Waals surface area contributed by atoms with E-state index >= 15 is 0 Å². The van der Waals surface area contributed by atoms with Gasteiger partial charge in [0.1, 0.15) is 0 Å². The summed E-state index contributed by atoms with van der Waals surface area (Å²) < 4.78 is 37.4. The van der Waals surface area contributed by atoms with Crippen LogP contribution in [0.25, 0.3) is 0 Å². The Bertz CT molecular complexity index is 460. The molecule has 1 aromatic carbocycles. The topological polar surface area (TPSA) is 41.1 Å². The van der Waals surface area contributed by atoms with Crippen LogP contribution in [-0.4, -0.2) is 12.6 Å². The van der Waals surface area contributed by atoms with E-state index in [1.54, 1.807) is 0 Å². The molecule has 0 aromatic heterocycles. The van der Waals surface area contributed by atoms with Gasteiger partial charge in [0.05, 0.1) is 16.3 Å². The molecule has 98 valence electrons. The third-order valence-corrected chi connectivity index (χ3v) is 2.28. The molecule has 0 fully saturated rings. The lowest BCUT2D eigenvalue weighted by atomic mass is 10.2. The number of hydrogen-bond donors (Lipinski definition) is 2. The fourth-order valence-electron chi connectivity index (χ4n) is 1.13. The van der Waals surface area contributed by atoms with Crippen molar-refractivity contribution in [1.82, 2.24) is 5.32 Å². The molecular weight excluding hydrogens is 269 g/mol. The summed E-state index contributed by atoms with van der Waals surface area (Å²) in [6, 6.07) is 2.04. The minimum atomic E-state index is -4.49. The molecule has 2 N–H and O–H groups in total. The molecule has 0 unspecified atom stereocenters. The molecule has 1 rings (SSSR count). The summed E-state index contributed by atoms with van der Waals surface area (Å²) in [5, 5.41) is 4.61. The number of carbonyl (C=O) groups excluding carboxylic acids is 1. The van der Waals surface area contributed by atoms with Crippen molar-refractivity contribution in [3.05, 3.63) is 41.4 Å². The molecule has 0 bridgehead atoms. The number of rotatable bonds is 3. The van der Waals surface area contributed by atoms with Crippen molar-refractivity contribution in [3.63, 3.8) is 0 Å². The van der Waals surface area contributed by atoms with E-state index in [1.165, 1.54) is 6.08 Å². The highest BCUT2D eigenvalue weighted by atomic mass is 35.5. The number of halogens is 4. The second kappa shape index (κ2) is 5.77. The van der Waals surface area contributed by atoms with Crippen molar-refractivity contribution < 1.29 is 18.0 Å². The van der Waals surface area contributed by atoms with Crippen LogP contribution in [0.4, 0.5) is 23.7 Å². The predicted octanol–water partition coefficient (Wildman–Crippen LogP) is 3.67. The first-order valence-electron chi connectivity index (χ1n) is 4.87. The number of anilines is 1. The van der Waals surface area contributed by atoms with E-state index in [4.69, 9.17) is 11.6 Å². The first-order chi connectivity index (χ1) is 8.34. The average molecular weight is 279 g/mol. The lowest BCUT2D eigenvalue weighted by Crippen LogP contribution is -2.28. The summed E-state index contributed by atoms with van der Waals surface area (Å²) in [4.78, 5) is 11.3. The van der Waals surface area contributed by atoms with Crippen molar-refractivity contribution in [2.45, 2.75) is 6.18 Å². The van der Waals surface area contributed by atoms with Gasteiger partial charge < -0.3 is 10.6 Å². The number of benzene rings is 1. The highest BCUT2D eigenvalue weighted by Gasteiger charge is 2.31. The maximum atomic E-state index is 12.5. The average Bonchev–Trinajstić information content (AvgIpc) is 2.28. The van der Waals surface area contributed by atoms with E-state index in [2.05, 4.69) is 17.2 Å². The summed E-state index contributed by atoms with van der Waals surface area (Å²) in [7, 11) is 0. The van der Waals surface area contributed by atoms with Crippen molar-refractivity contribution in [3.8, 4) is 0 Å². The van der Waals surface area contributed by atoms with E-state index in [0.29, 0.717) is 0 Å². The maximum Gasteiger partial charge on any atom is 0.416 e. The fraction of sp³-hybridized carbons (Fsp3) is 0.182. The van der Waals surface area contributed by atoms with Crippen molar-refractivity contribution >= 4 is 23.3 Å². The molecule has 2 amide bonds. The number of hydrogen-bond acceptors (Lipinski definition) is 1. The monoisotopic (exact) mass is 278 g/mol. The zero-order chi connectivity index (χ0) is 13.8. The van der Waals surface area contributed by atoms with Gasteiger partial charge in [0.15, 0.2) is 0 Å². The van der Waals surface area contributed by atoms with Gasteiger partial charge in [-0.05, 0) is 18.2 Å². The summed E-state index contributed by atoms with van der Waals surface area (Å²) >= 11 is 5.69. The first-order valence-corrected chi connectivity index (χ1v) is 5.25. The Morgan fingerprint density at radius 1 is 1.44 bits per heavy atom. The fourth-order valence-corrected chi connectivity index (χ4v) is 1.29. The molecule has 0 atom stereocenters. The number of urea groups is 1. The molecule has 1 aromatic rings. The van der Waals surface area contributed by atoms with Crippen LogP contribution >= 0.6 is 11.6 Å². The Kier molecular flexibility index (Phi) is 4.61. The van der Waals surface area contributed by atoms with E-state index in [0.717, 1.165) is 18.2 Å². The van der Waals surface area contributed by atoms with Crippen molar-refractivity contribution in [2.24, 2.45) is 0 Å². The Hall–Kier alpha value is -1.69. The Morgan fingerprint density at radius 3 is 2.67 bits per heavy atom. The SMILES string of the molecule is C=CCNC(=O)Nc1cc(C(F)(F)F)ccc1Cl. The van der Waals surface area contributed by atoms with Crippen LogP contribution in [-0.2, 0) is 6.18 Å². The summed E-state index contributed by atoms with van der Waals surface area (Å²) in [5.74, 6) is 0. The van der Waals surface area contributed by atoms with Gasteiger partial charge in [-0.25, -0.2) is 4.79 Å². The van der Waals surface area contributed by atoms with Gasteiger partial charge >= 0.3 is 12.2 Å². The third-order valence-electron chi connectivity index (χ3n) is 1.95. The van der Waals surface area contributed by atoms with E-state index in [9.17, 15) is 18.0 Å². The van der Waals surface area contributed by atoms with Crippen LogP contribution in [0.2, 0.25) is 5.02 Å². The Morgan fingerprint density at radius 2 is 2.11 bits per heavy atom. The van der Waals surface area contributed by atoms with Gasteiger partial charge in [0, 0.05) is 6.54 Å².